The fraction of sp³-hybridized carbons (Fsp3) is 0.333. The molecule has 0 bridgehead atoms. The summed E-state index contributed by atoms with van der Waals surface area (Å²) >= 11 is 0. The van der Waals surface area contributed by atoms with E-state index in [0.717, 1.165) is 0 Å². The molecule has 2 heterocycles. The van der Waals surface area contributed by atoms with E-state index in [1.165, 1.54) is 4.57 Å². The predicted octanol–water partition coefficient (Wildman–Crippen LogP) is -2.32. The largest absolute Gasteiger partial charge is 0.280 e. The van der Waals surface area contributed by atoms with E-state index < -0.39 is 0 Å². The van der Waals surface area contributed by atoms with Crippen molar-refractivity contribution >= 4 is 6.58 Å². The third kappa shape index (κ3) is 0.772. The van der Waals surface area contributed by atoms with Crippen LogP contribution in [0.5, 0.6) is 0 Å². The molecular weight excluding hydrogens is 144 g/mol. The van der Waals surface area contributed by atoms with Gasteiger partial charge in [-0.2, -0.15) is 0 Å². The molecule has 2 rings (SSSR count). The number of fused-ring (bicyclic) bond motifs is 1. The van der Waals surface area contributed by atoms with E-state index in [9.17, 15) is 4.79 Å². The van der Waals surface area contributed by atoms with Gasteiger partial charge in [0.15, 0.2) is 0 Å². The van der Waals surface area contributed by atoms with E-state index in [1.54, 1.807) is 0 Å². The Labute approximate surface area is 61.7 Å². The van der Waals surface area contributed by atoms with Crippen LogP contribution in [-0.2, 0) is 6.54 Å². The maximum Gasteiger partial charge on any atom is 0.280 e. The summed E-state index contributed by atoms with van der Waals surface area (Å²) in [6.45, 7) is 4.67. The third-order valence-corrected chi connectivity index (χ3v) is 1.57. The summed E-state index contributed by atoms with van der Waals surface area (Å²) in [6.07, 6.45) is 0. The van der Waals surface area contributed by atoms with Gasteiger partial charge in [0.1, 0.15) is 5.35 Å². The number of hydrogen-bond donors (Lipinski definition) is 0. The van der Waals surface area contributed by atoms with Crippen molar-refractivity contribution in [3.05, 3.63) is 21.3 Å². The molecule has 56 valence electrons. The Morgan fingerprint density at radius 3 is 3.09 bits per heavy atom. The molecule has 0 radical (unpaired) electrons. The number of hydrogen-bond acceptors (Lipinski definition) is 4. The summed E-state index contributed by atoms with van der Waals surface area (Å²) in [7, 11) is 0. The molecule has 5 nitrogen and oxygen atoms in total. The van der Waals surface area contributed by atoms with E-state index in [1.807, 2.05) is 0 Å². The van der Waals surface area contributed by atoms with Crippen LogP contribution >= 0.6 is 0 Å². The molecule has 0 amide bonds. The number of nitrogens with zero attached hydrogens (tertiary/aromatic N) is 4. The normalized spacial score (nSPS) is 14.2. The average Bonchev–Trinajstić information content (AvgIpc) is 2.45. The Morgan fingerprint density at radius 1 is 1.45 bits per heavy atom. The molecule has 0 aromatic carbocycles. The zero-order valence-corrected chi connectivity index (χ0v) is 5.82. The van der Waals surface area contributed by atoms with Crippen LogP contribution in [0.4, 0.5) is 0 Å². The van der Waals surface area contributed by atoms with Gasteiger partial charge < -0.3 is 0 Å². The lowest BCUT2D eigenvalue weighted by Crippen LogP contribution is -2.44. The first kappa shape index (κ1) is 6.21. The lowest BCUT2D eigenvalue weighted by atomic mass is 10.6. The van der Waals surface area contributed by atoms with Crippen LogP contribution in [0, 0.1) is 0 Å². The van der Waals surface area contributed by atoms with Crippen molar-refractivity contribution < 1.29 is 0 Å². The Balaban J connectivity index is 2.98. The molecule has 0 saturated heterocycles. The minimum Gasteiger partial charge on any atom is -0.272 e. The molecule has 0 unspecified atom stereocenters. The van der Waals surface area contributed by atoms with Gasteiger partial charge in [0.2, 0.25) is 5.62 Å². The van der Waals surface area contributed by atoms with Gasteiger partial charge in [-0.05, 0) is 0 Å². The zero-order valence-electron chi connectivity index (χ0n) is 5.82. The minimum absolute atomic E-state index is 0.184. The van der Waals surface area contributed by atoms with Gasteiger partial charge in [0, 0.05) is 6.54 Å². The first-order valence-electron chi connectivity index (χ1n) is 3.26. The van der Waals surface area contributed by atoms with Gasteiger partial charge in [-0.3, -0.25) is 9.36 Å². The smallest absolute Gasteiger partial charge is 0.272 e. The summed E-state index contributed by atoms with van der Waals surface area (Å²) in [5.41, 5.74) is 0.235. The maximum atomic E-state index is 11.2. The molecule has 0 atom stereocenters. The van der Waals surface area contributed by atoms with Gasteiger partial charge in [-0.25, -0.2) is 4.99 Å². The molecule has 5 heteroatoms. The van der Waals surface area contributed by atoms with Gasteiger partial charge in [0.25, 0.3) is 5.56 Å². The van der Waals surface area contributed by atoms with E-state index in [4.69, 9.17) is 0 Å². The highest BCUT2D eigenvalue weighted by atomic mass is 16.1. The molecule has 11 heavy (non-hydrogen) atoms. The zero-order chi connectivity index (χ0) is 7.84. The van der Waals surface area contributed by atoms with Crippen LogP contribution < -0.4 is 16.5 Å². The van der Waals surface area contributed by atoms with E-state index in [2.05, 4.69) is 21.8 Å². The summed E-state index contributed by atoms with van der Waals surface area (Å²) in [6, 6.07) is 0. The average molecular weight is 150 g/mol. The summed E-state index contributed by atoms with van der Waals surface area (Å²) in [4.78, 5) is 15.2. The van der Waals surface area contributed by atoms with Gasteiger partial charge in [-0.1, -0.05) is 6.58 Å². The Hall–Kier alpha value is -1.52. The highest BCUT2D eigenvalue weighted by Gasteiger charge is 2.06. The molecule has 0 saturated carbocycles. The highest BCUT2D eigenvalue weighted by molar-refractivity contribution is 4.92. The van der Waals surface area contributed by atoms with Crippen molar-refractivity contribution in [1.82, 2.24) is 14.8 Å². The van der Waals surface area contributed by atoms with Crippen molar-refractivity contribution in [3.8, 4) is 0 Å². The van der Waals surface area contributed by atoms with E-state index in [-0.39, 0.29) is 10.9 Å². The molecule has 0 spiro atoms. The summed E-state index contributed by atoms with van der Waals surface area (Å²) in [5.74, 6) is 0. The molecule has 0 N–H and O–H groups in total. The molecule has 1 aromatic heterocycles. The summed E-state index contributed by atoms with van der Waals surface area (Å²) < 4.78 is 1.48. The van der Waals surface area contributed by atoms with Gasteiger partial charge in [-0.15, -0.1) is 10.2 Å². The Morgan fingerprint density at radius 2 is 2.27 bits per heavy atom. The molecule has 1 aliphatic rings. The molecule has 1 aliphatic heterocycles. The first-order chi connectivity index (χ1) is 5.29. The van der Waals surface area contributed by atoms with Crippen molar-refractivity contribution in [2.75, 3.05) is 6.54 Å². The third-order valence-electron chi connectivity index (χ3n) is 1.57. The number of rotatable bonds is 0. The maximum absolute atomic E-state index is 11.2. The highest BCUT2D eigenvalue weighted by Crippen LogP contribution is 1.77. The van der Waals surface area contributed by atoms with Gasteiger partial charge in [0.05, 0.1) is 6.54 Å². The van der Waals surface area contributed by atoms with Crippen molar-refractivity contribution in [2.45, 2.75) is 6.54 Å². The Kier molecular flexibility index (Phi) is 1.12. The summed E-state index contributed by atoms with van der Waals surface area (Å²) in [5, 5.41) is 7.45. The fourth-order valence-electron chi connectivity index (χ4n) is 1.02. The second-order valence-corrected chi connectivity index (χ2v) is 2.29. The van der Waals surface area contributed by atoms with Crippen LogP contribution in [0.2, 0.25) is 0 Å². The van der Waals surface area contributed by atoms with E-state index in [0.29, 0.717) is 18.7 Å². The molecule has 1 aromatic rings. The number of aromatic nitrogens is 3. The monoisotopic (exact) mass is 150 g/mol. The molecular formula is C6H6N4O. The van der Waals surface area contributed by atoms with Crippen LogP contribution in [0.1, 0.15) is 0 Å². The first-order valence-corrected chi connectivity index (χ1v) is 3.26. The van der Waals surface area contributed by atoms with Crippen LogP contribution in [-0.4, -0.2) is 21.3 Å². The minimum atomic E-state index is -0.184. The van der Waals surface area contributed by atoms with Gasteiger partial charge >= 0.3 is 0 Å². The predicted molar refractivity (Wildman–Crippen MR) is 37.5 cm³/mol. The SMILES string of the molecule is C=c1nnc2n(c1=O)CCN=2. The second-order valence-electron chi connectivity index (χ2n) is 2.29. The van der Waals surface area contributed by atoms with Crippen molar-refractivity contribution in [2.24, 2.45) is 4.99 Å². The van der Waals surface area contributed by atoms with Crippen LogP contribution in [0.15, 0.2) is 9.79 Å². The quantitative estimate of drug-likeness (QED) is 0.417. The van der Waals surface area contributed by atoms with Crippen molar-refractivity contribution in [1.29, 1.82) is 0 Å². The standard InChI is InChI=1S/C6H6N4O/c1-4-5(11)10-3-2-7-6(10)9-8-4/h1-3H2. The molecule has 0 fully saturated rings. The Bertz CT molecular complexity index is 447. The topological polar surface area (TPSA) is 60.1 Å². The second kappa shape index (κ2) is 1.98. The lowest BCUT2D eigenvalue weighted by Gasteiger charge is -1.92. The lowest BCUT2D eigenvalue weighted by molar-refractivity contribution is 0.668. The molecule has 0 aliphatic carbocycles. The van der Waals surface area contributed by atoms with Crippen LogP contribution in [0.3, 0.4) is 0 Å². The van der Waals surface area contributed by atoms with Crippen molar-refractivity contribution in [3.63, 3.8) is 0 Å². The van der Waals surface area contributed by atoms with E-state index >= 15 is 0 Å². The fourth-order valence-corrected chi connectivity index (χ4v) is 1.02. The van der Waals surface area contributed by atoms with Crippen LogP contribution in [0.25, 0.3) is 6.58 Å².